The van der Waals surface area contributed by atoms with Crippen LogP contribution >= 0.6 is 0 Å². The Labute approximate surface area is 137 Å². The molecule has 0 unspecified atom stereocenters. The summed E-state index contributed by atoms with van der Waals surface area (Å²) in [6.45, 7) is 4.12. The number of aliphatic hydroxyl groups is 1. The SMILES string of the molecule is CC(=O)N[C@H]1CCN(Cc2ccc3ccccc3c2)CC[C@@H]1O. The third-order valence-corrected chi connectivity index (χ3v) is 4.57. The van der Waals surface area contributed by atoms with E-state index in [-0.39, 0.29) is 11.9 Å². The van der Waals surface area contributed by atoms with Crippen LogP contribution in [0.5, 0.6) is 0 Å². The minimum absolute atomic E-state index is 0.0722. The minimum atomic E-state index is -0.458. The maximum absolute atomic E-state index is 11.2. The Morgan fingerprint density at radius 1 is 1.17 bits per heavy atom. The lowest BCUT2D eigenvalue weighted by Crippen LogP contribution is -2.42. The average Bonchev–Trinajstić information content (AvgIpc) is 2.70. The van der Waals surface area contributed by atoms with Gasteiger partial charge >= 0.3 is 0 Å². The molecule has 1 saturated heterocycles. The molecule has 0 aromatic heterocycles. The standard InChI is InChI=1S/C19H24N2O2/c1-14(22)20-18-8-10-21(11-9-19(18)23)13-15-6-7-16-4-2-3-5-17(16)12-15/h2-7,12,18-19,23H,8-11,13H2,1H3,(H,20,22)/t18-,19-/m0/s1. The van der Waals surface area contributed by atoms with Crippen LogP contribution < -0.4 is 5.32 Å². The molecule has 2 aromatic rings. The fourth-order valence-electron chi connectivity index (χ4n) is 3.32. The van der Waals surface area contributed by atoms with E-state index in [0.717, 1.165) is 26.1 Å². The van der Waals surface area contributed by atoms with Gasteiger partial charge in [0.05, 0.1) is 12.1 Å². The second-order valence-electron chi connectivity index (χ2n) is 6.41. The fraction of sp³-hybridized carbons (Fsp3) is 0.421. The van der Waals surface area contributed by atoms with E-state index >= 15 is 0 Å². The molecule has 1 aliphatic rings. The van der Waals surface area contributed by atoms with Crippen molar-refractivity contribution in [2.45, 2.75) is 38.5 Å². The third-order valence-electron chi connectivity index (χ3n) is 4.57. The van der Waals surface area contributed by atoms with Crippen LogP contribution in [0.4, 0.5) is 0 Å². The van der Waals surface area contributed by atoms with Crippen LogP contribution in [-0.4, -0.2) is 41.1 Å². The van der Waals surface area contributed by atoms with Gasteiger partial charge in [0, 0.05) is 26.6 Å². The quantitative estimate of drug-likeness (QED) is 0.914. The van der Waals surface area contributed by atoms with Crippen molar-refractivity contribution in [2.75, 3.05) is 13.1 Å². The van der Waals surface area contributed by atoms with E-state index < -0.39 is 6.10 Å². The van der Waals surface area contributed by atoms with Gasteiger partial charge in [-0.25, -0.2) is 0 Å². The number of rotatable bonds is 3. The van der Waals surface area contributed by atoms with Crippen LogP contribution in [0.1, 0.15) is 25.3 Å². The molecule has 0 radical (unpaired) electrons. The van der Waals surface area contributed by atoms with E-state index in [2.05, 4.69) is 52.7 Å². The van der Waals surface area contributed by atoms with E-state index in [1.807, 2.05) is 0 Å². The van der Waals surface area contributed by atoms with Gasteiger partial charge in [0.1, 0.15) is 0 Å². The zero-order chi connectivity index (χ0) is 16.2. The lowest BCUT2D eigenvalue weighted by molar-refractivity contribution is -0.120. The molecule has 122 valence electrons. The number of benzene rings is 2. The molecule has 0 saturated carbocycles. The van der Waals surface area contributed by atoms with Gasteiger partial charge < -0.3 is 10.4 Å². The second kappa shape index (κ2) is 7.11. The summed E-state index contributed by atoms with van der Waals surface area (Å²) in [6, 6.07) is 14.8. The average molecular weight is 312 g/mol. The first kappa shape index (κ1) is 16.0. The highest BCUT2D eigenvalue weighted by atomic mass is 16.3. The van der Waals surface area contributed by atoms with Crippen LogP contribution in [0.25, 0.3) is 10.8 Å². The highest BCUT2D eigenvalue weighted by molar-refractivity contribution is 5.82. The van der Waals surface area contributed by atoms with E-state index in [4.69, 9.17) is 0 Å². The molecule has 2 aromatic carbocycles. The first-order chi connectivity index (χ1) is 11.1. The Morgan fingerprint density at radius 2 is 1.91 bits per heavy atom. The number of nitrogens with one attached hydrogen (secondary N) is 1. The van der Waals surface area contributed by atoms with Gasteiger partial charge in [-0.1, -0.05) is 36.4 Å². The molecule has 4 nitrogen and oxygen atoms in total. The molecule has 0 bridgehead atoms. The number of fused-ring (bicyclic) bond motifs is 1. The van der Waals surface area contributed by atoms with Crippen molar-refractivity contribution in [1.82, 2.24) is 10.2 Å². The molecule has 2 N–H and O–H groups in total. The number of carbonyl (C=O) groups excluding carboxylic acids is 1. The number of hydrogen-bond acceptors (Lipinski definition) is 3. The highest BCUT2D eigenvalue weighted by Gasteiger charge is 2.25. The predicted octanol–water partition coefficient (Wildman–Crippen LogP) is 2.30. The molecular formula is C19H24N2O2. The summed E-state index contributed by atoms with van der Waals surface area (Å²) in [6.07, 6.45) is 1.02. The van der Waals surface area contributed by atoms with Gasteiger partial charge in [0.25, 0.3) is 0 Å². The second-order valence-corrected chi connectivity index (χ2v) is 6.41. The monoisotopic (exact) mass is 312 g/mol. The number of likely N-dealkylation sites (tertiary alicyclic amines) is 1. The van der Waals surface area contributed by atoms with Gasteiger partial charge in [-0.15, -0.1) is 0 Å². The fourth-order valence-corrected chi connectivity index (χ4v) is 3.32. The Balaban J connectivity index is 1.66. The third kappa shape index (κ3) is 4.09. The van der Waals surface area contributed by atoms with Crippen LogP contribution in [0.3, 0.4) is 0 Å². The molecule has 1 aliphatic heterocycles. The van der Waals surface area contributed by atoms with Gasteiger partial charge in [-0.2, -0.15) is 0 Å². The summed E-state index contributed by atoms with van der Waals surface area (Å²) >= 11 is 0. The summed E-state index contributed by atoms with van der Waals surface area (Å²) in [4.78, 5) is 13.6. The van der Waals surface area contributed by atoms with Crippen molar-refractivity contribution < 1.29 is 9.90 Å². The number of nitrogens with zero attached hydrogens (tertiary/aromatic N) is 1. The lowest BCUT2D eigenvalue weighted by Gasteiger charge is -2.21. The zero-order valence-corrected chi connectivity index (χ0v) is 13.5. The van der Waals surface area contributed by atoms with Crippen LogP contribution in [0.15, 0.2) is 42.5 Å². The van der Waals surface area contributed by atoms with Crippen molar-refractivity contribution in [1.29, 1.82) is 0 Å². The molecule has 4 heteroatoms. The maximum atomic E-state index is 11.2. The van der Waals surface area contributed by atoms with E-state index in [1.165, 1.54) is 23.3 Å². The van der Waals surface area contributed by atoms with Crippen molar-refractivity contribution in [3.63, 3.8) is 0 Å². The van der Waals surface area contributed by atoms with Crippen LogP contribution in [0, 0.1) is 0 Å². The van der Waals surface area contributed by atoms with Gasteiger partial charge in [0.15, 0.2) is 0 Å². The first-order valence-corrected chi connectivity index (χ1v) is 8.27. The minimum Gasteiger partial charge on any atom is -0.391 e. The molecule has 23 heavy (non-hydrogen) atoms. The summed E-state index contributed by atoms with van der Waals surface area (Å²) in [7, 11) is 0. The Kier molecular flexibility index (Phi) is 4.94. The van der Waals surface area contributed by atoms with Crippen LogP contribution in [0.2, 0.25) is 0 Å². The summed E-state index contributed by atoms with van der Waals surface area (Å²) in [5.41, 5.74) is 1.29. The number of amides is 1. The molecular weight excluding hydrogens is 288 g/mol. The normalized spacial score (nSPS) is 22.7. The number of carbonyl (C=O) groups is 1. The van der Waals surface area contributed by atoms with Crippen molar-refractivity contribution in [3.8, 4) is 0 Å². The molecule has 2 atom stereocenters. The Bertz CT molecular complexity index is 686. The van der Waals surface area contributed by atoms with Gasteiger partial charge in [-0.3, -0.25) is 9.69 Å². The van der Waals surface area contributed by atoms with E-state index in [0.29, 0.717) is 6.42 Å². The van der Waals surface area contributed by atoms with E-state index in [9.17, 15) is 9.90 Å². The van der Waals surface area contributed by atoms with E-state index in [1.54, 1.807) is 0 Å². The Morgan fingerprint density at radius 3 is 2.70 bits per heavy atom. The van der Waals surface area contributed by atoms with Gasteiger partial charge in [-0.05, 0) is 35.2 Å². The highest BCUT2D eigenvalue weighted by Crippen LogP contribution is 2.19. The molecule has 1 fully saturated rings. The van der Waals surface area contributed by atoms with Crippen LogP contribution in [-0.2, 0) is 11.3 Å². The maximum Gasteiger partial charge on any atom is 0.217 e. The van der Waals surface area contributed by atoms with Gasteiger partial charge in [0.2, 0.25) is 5.91 Å². The number of hydrogen-bond donors (Lipinski definition) is 2. The number of aliphatic hydroxyl groups excluding tert-OH is 1. The molecule has 0 spiro atoms. The summed E-state index contributed by atoms with van der Waals surface area (Å²) < 4.78 is 0. The van der Waals surface area contributed by atoms with Crippen molar-refractivity contribution >= 4 is 16.7 Å². The predicted molar refractivity (Wildman–Crippen MR) is 92.1 cm³/mol. The summed E-state index contributed by atoms with van der Waals surface area (Å²) in [5, 5.41) is 15.6. The zero-order valence-electron chi connectivity index (χ0n) is 13.5. The molecule has 1 heterocycles. The van der Waals surface area contributed by atoms with Crippen molar-refractivity contribution in [3.05, 3.63) is 48.0 Å². The molecule has 3 rings (SSSR count). The smallest absolute Gasteiger partial charge is 0.217 e. The Hall–Kier alpha value is -1.91. The lowest BCUT2D eigenvalue weighted by atomic mass is 10.1. The molecule has 1 amide bonds. The summed E-state index contributed by atoms with van der Waals surface area (Å²) in [5.74, 6) is -0.0722. The largest absolute Gasteiger partial charge is 0.391 e. The topological polar surface area (TPSA) is 52.6 Å². The first-order valence-electron chi connectivity index (χ1n) is 8.27. The molecule has 0 aliphatic carbocycles. The van der Waals surface area contributed by atoms with Crippen molar-refractivity contribution in [2.24, 2.45) is 0 Å².